The molecule has 5 nitrogen and oxygen atoms in total. The summed E-state index contributed by atoms with van der Waals surface area (Å²) < 4.78 is 5.34. The van der Waals surface area contributed by atoms with Crippen molar-refractivity contribution in [2.75, 3.05) is 5.32 Å². The zero-order valence-electron chi connectivity index (χ0n) is 12.4. The van der Waals surface area contributed by atoms with E-state index in [1.807, 2.05) is 50.2 Å². The van der Waals surface area contributed by atoms with Crippen LogP contribution in [-0.4, -0.2) is 11.1 Å². The van der Waals surface area contributed by atoms with E-state index in [-0.39, 0.29) is 6.42 Å². The highest BCUT2D eigenvalue weighted by molar-refractivity contribution is 5.89. The molecule has 5 heteroatoms. The predicted octanol–water partition coefficient (Wildman–Crippen LogP) is 3.61. The summed E-state index contributed by atoms with van der Waals surface area (Å²) >= 11 is 0. The molecule has 0 saturated carbocycles. The summed E-state index contributed by atoms with van der Waals surface area (Å²) in [5.41, 5.74) is 3.41. The van der Waals surface area contributed by atoms with E-state index in [0.29, 0.717) is 0 Å². The second kappa shape index (κ2) is 5.15. The Morgan fingerprint density at radius 2 is 2.14 bits per heavy atom. The number of rotatable bonds is 2. The smallest absolute Gasteiger partial charge is 0.412 e. The number of nitriles is 1. The predicted molar refractivity (Wildman–Crippen MR) is 82.1 cm³/mol. The number of hydrogen-bond acceptors (Lipinski definition) is 4. The Morgan fingerprint density at radius 3 is 2.91 bits per heavy atom. The SMILES string of the molecule is CC1(C)OC(=O)Nc2ccc(-c3cccc(CC#N)n3)cc21. The third-order valence-electron chi connectivity index (χ3n) is 3.62. The molecule has 1 aromatic heterocycles. The number of nitrogens with one attached hydrogen (secondary N) is 1. The lowest BCUT2D eigenvalue weighted by molar-refractivity contribution is 0.0421. The zero-order valence-corrected chi connectivity index (χ0v) is 12.4. The van der Waals surface area contributed by atoms with Gasteiger partial charge in [0.1, 0.15) is 5.60 Å². The molecule has 1 N–H and O–H groups in total. The minimum Gasteiger partial charge on any atom is -0.438 e. The lowest BCUT2D eigenvalue weighted by Crippen LogP contribution is -2.34. The van der Waals surface area contributed by atoms with Crippen LogP contribution in [0.15, 0.2) is 36.4 Å². The van der Waals surface area contributed by atoms with Crippen LogP contribution in [0.5, 0.6) is 0 Å². The van der Waals surface area contributed by atoms with Gasteiger partial charge in [0.15, 0.2) is 0 Å². The Hall–Kier alpha value is -2.87. The van der Waals surface area contributed by atoms with Gasteiger partial charge in [-0.1, -0.05) is 12.1 Å². The average molecular weight is 293 g/mol. The molecule has 0 spiro atoms. The highest BCUT2D eigenvalue weighted by atomic mass is 16.6. The summed E-state index contributed by atoms with van der Waals surface area (Å²) in [5.74, 6) is 0. The highest BCUT2D eigenvalue weighted by Gasteiger charge is 2.33. The molecule has 1 aromatic carbocycles. The summed E-state index contributed by atoms with van der Waals surface area (Å²) in [6.07, 6.45) is -0.164. The fourth-order valence-electron chi connectivity index (χ4n) is 2.55. The van der Waals surface area contributed by atoms with E-state index in [4.69, 9.17) is 10.00 Å². The molecule has 2 heterocycles. The number of cyclic esters (lactones) is 1. The number of hydrogen-bond donors (Lipinski definition) is 1. The van der Waals surface area contributed by atoms with Gasteiger partial charge in [0.25, 0.3) is 0 Å². The highest BCUT2D eigenvalue weighted by Crippen LogP contribution is 2.37. The number of pyridine rings is 1. The molecule has 0 atom stereocenters. The fraction of sp³-hybridized carbons (Fsp3) is 0.235. The van der Waals surface area contributed by atoms with Crippen LogP contribution in [0.3, 0.4) is 0 Å². The van der Waals surface area contributed by atoms with Crippen LogP contribution in [0.1, 0.15) is 25.1 Å². The van der Waals surface area contributed by atoms with Gasteiger partial charge >= 0.3 is 6.09 Å². The van der Waals surface area contributed by atoms with E-state index in [1.54, 1.807) is 0 Å². The minimum atomic E-state index is -0.696. The van der Waals surface area contributed by atoms with Gasteiger partial charge in [-0.2, -0.15) is 5.26 Å². The van der Waals surface area contributed by atoms with Gasteiger partial charge in [0.2, 0.25) is 0 Å². The molecule has 2 aromatic rings. The lowest BCUT2D eigenvalue weighted by atomic mass is 9.92. The van der Waals surface area contributed by atoms with Crippen molar-refractivity contribution < 1.29 is 9.53 Å². The number of ether oxygens (including phenoxy) is 1. The van der Waals surface area contributed by atoms with Gasteiger partial charge in [-0.15, -0.1) is 0 Å². The van der Waals surface area contributed by atoms with Crippen molar-refractivity contribution in [1.29, 1.82) is 5.26 Å². The number of carbonyl (C=O) groups excluding carboxylic acids is 1. The van der Waals surface area contributed by atoms with Gasteiger partial charge in [0.05, 0.1) is 29.6 Å². The molecule has 3 rings (SSSR count). The van der Waals surface area contributed by atoms with Crippen molar-refractivity contribution in [2.45, 2.75) is 25.9 Å². The van der Waals surface area contributed by atoms with Crippen molar-refractivity contribution in [3.05, 3.63) is 47.7 Å². The first-order valence-corrected chi connectivity index (χ1v) is 6.97. The second-order valence-electron chi connectivity index (χ2n) is 5.63. The van der Waals surface area contributed by atoms with E-state index in [0.717, 1.165) is 28.2 Å². The van der Waals surface area contributed by atoms with Crippen LogP contribution in [0.25, 0.3) is 11.3 Å². The van der Waals surface area contributed by atoms with Gasteiger partial charge < -0.3 is 4.74 Å². The summed E-state index contributed by atoms with van der Waals surface area (Å²) in [7, 11) is 0. The largest absolute Gasteiger partial charge is 0.438 e. The van der Waals surface area contributed by atoms with Crippen LogP contribution in [0.4, 0.5) is 10.5 Å². The molecule has 0 bridgehead atoms. The Balaban J connectivity index is 2.06. The summed E-state index contributed by atoms with van der Waals surface area (Å²) in [4.78, 5) is 16.0. The Kier molecular flexibility index (Phi) is 3.30. The molecule has 110 valence electrons. The molecule has 1 amide bonds. The molecule has 0 aliphatic carbocycles. The Labute approximate surface area is 128 Å². The first-order chi connectivity index (χ1) is 10.5. The van der Waals surface area contributed by atoms with Crippen molar-refractivity contribution in [3.63, 3.8) is 0 Å². The first kappa shape index (κ1) is 14.1. The first-order valence-electron chi connectivity index (χ1n) is 6.97. The van der Waals surface area contributed by atoms with Crippen molar-refractivity contribution in [3.8, 4) is 17.3 Å². The Morgan fingerprint density at radius 1 is 1.32 bits per heavy atom. The third kappa shape index (κ3) is 2.51. The molecule has 1 aliphatic rings. The van der Waals surface area contributed by atoms with Crippen LogP contribution >= 0.6 is 0 Å². The van der Waals surface area contributed by atoms with Gasteiger partial charge in [-0.05, 0) is 38.1 Å². The number of aromatic nitrogens is 1. The number of benzene rings is 1. The van der Waals surface area contributed by atoms with E-state index in [2.05, 4.69) is 16.4 Å². The zero-order chi connectivity index (χ0) is 15.7. The monoisotopic (exact) mass is 293 g/mol. The number of fused-ring (bicyclic) bond motifs is 1. The number of carbonyl (C=O) groups is 1. The number of anilines is 1. The minimum absolute atomic E-state index is 0.281. The van der Waals surface area contributed by atoms with Crippen molar-refractivity contribution >= 4 is 11.8 Å². The quantitative estimate of drug-likeness (QED) is 0.917. The maximum Gasteiger partial charge on any atom is 0.412 e. The van der Waals surface area contributed by atoms with Crippen molar-refractivity contribution in [2.24, 2.45) is 0 Å². The molecule has 0 unspecified atom stereocenters. The molecular formula is C17H15N3O2. The summed E-state index contributed by atoms with van der Waals surface area (Å²) in [5, 5.41) is 11.5. The van der Waals surface area contributed by atoms with Gasteiger partial charge in [0, 0.05) is 11.1 Å². The molecular weight excluding hydrogens is 278 g/mol. The molecule has 0 radical (unpaired) electrons. The Bertz CT molecular complexity index is 791. The standard InChI is InChI=1S/C17H15N3O2/c1-17(2)13-10-11(6-7-15(13)20-16(21)22-17)14-5-3-4-12(19-14)8-9-18/h3-7,10H,8H2,1-2H3,(H,20,21). The summed E-state index contributed by atoms with van der Waals surface area (Å²) in [6.45, 7) is 3.71. The number of nitrogens with zero attached hydrogens (tertiary/aromatic N) is 2. The third-order valence-corrected chi connectivity index (χ3v) is 3.62. The van der Waals surface area contributed by atoms with Crippen molar-refractivity contribution in [1.82, 2.24) is 4.98 Å². The fourth-order valence-corrected chi connectivity index (χ4v) is 2.55. The number of amides is 1. The van der Waals surface area contributed by atoms with E-state index >= 15 is 0 Å². The van der Waals surface area contributed by atoms with E-state index in [1.165, 1.54) is 0 Å². The maximum absolute atomic E-state index is 11.5. The molecule has 0 saturated heterocycles. The van der Waals surface area contributed by atoms with Crippen LogP contribution in [-0.2, 0) is 16.8 Å². The van der Waals surface area contributed by atoms with Gasteiger partial charge in [-0.3, -0.25) is 10.3 Å². The van der Waals surface area contributed by atoms with Gasteiger partial charge in [-0.25, -0.2) is 4.79 Å². The van der Waals surface area contributed by atoms with Crippen LogP contribution in [0.2, 0.25) is 0 Å². The van der Waals surface area contributed by atoms with Crippen LogP contribution in [0, 0.1) is 11.3 Å². The maximum atomic E-state index is 11.5. The van der Waals surface area contributed by atoms with E-state index in [9.17, 15) is 4.79 Å². The average Bonchev–Trinajstić information content (AvgIpc) is 2.47. The lowest BCUT2D eigenvalue weighted by Gasteiger charge is -2.32. The normalized spacial score (nSPS) is 15.2. The molecule has 0 fully saturated rings. The summed E-state index contributed by atoms with van der Waals surface area (Å²) in [6, 6.07) is 13.4. The molecule has 1 aliphatic heterocycles. The second-order valence-corrected chi connectivity index (χ2v) is 5.63. The van der Waals surface area contributed by atoms with Crippen LogP contribution < -0.4 is 5.32 Å². The van der Waals surface area contributed by atoms with E-state index < -0.39 is 11.7 Å². The topological polar surface area (TPSA) is 75.0 Å². The molecule has 22 heavy (non-hydrogen) atoms.